The van der Waals surface area contributed by atoms with E-state index in [-0.39, 0.29) is 11.8 Å². The van der Waals surface area contributed by atoms with Crippen LogP contribution in [0.3, 0.4) is 0 Å². The summed E-state index contributed by atoms with van der Waals surface area (Å²) in [6.07, 6.45) is 0. The van der Waals surface area contributed by atoms with E-state index < -0.39 is 0 Å². The van der Waals surface area contributed by atoms with Gasteiger partial charge in [0.05, 0.1) is 17.2 Å². The molecule has 0 saturated carbocycles. The zero-order valence-electron chi connectivity index (χ0n) is 11.6. The first-order chi connectivity index (χ1) is 8.96. The van der Waals surface area contributed by atoms with Gasteiger partial charge < -0.3 is 16.2 Å². The van der Waals surface area contributed by atoms with Crippen LogP contribution in [0.2, 0.25) is 10.0 Å². The molecule has 1 aromatic carbocycles. The molecular weight excluding hydrogens is 283 g/mol. The number of halogens is 2. The molecule has 19 heavy (non-hydrogen) atoms. The minimum absolute atomic E-state index is 0.276. The van der Waals surface area contributed by atoms with Gasteiger partial charge in [0.15, 0.2) is 5.75 Å². The highest BCUT2D eigenvalue weighted by molar-refractivity contribution is 6.37. The molecule has 0 aliphatic carbocycles. The van der Waals surface area contributed by atoms with Crippen molar-refractivity contribution in [2.24, 2.45) is 23.3 Å². The first-order valence-electron chi connectivity index (χ1n) is 6.39. The fourth-order valence-corrected chi connectivity index (χ4v) is 2.93. The van der Waals surface area contributed by atoms with Gasteiger partial charge in [-0.2, -0.15) is 0 Å². The van der Waals surface area contributed by atoms with E-state index in [1.807, 2.05) is 12.1 Å². The highest BCUT2D eigenvalue weighted by Gasteiger charge is 2.23. The van der Waals surface area contributed by atoms with Crippen LogP contribution in [0.15, 0.2) is 12.1 Å². The smallest absolute Gasteiger partial charge is 0.156 e. The molecule has 3 nitrogen and oxygen atoms in total. The Bertz CT molecular complexity index is 399. The number of ether oxygens (including phenoxy) is 1. The van der Waals surface area contributed by atoms with Gasteiger partial charge in [-0.25, -0.2) is 0 Å². The molecule has 0 spiro atoms. The summed E-state index contributed by atoms with van der Waals surface area (Å²) in [6.45, 7) is 5.46. The Balaban J connectivity index is 3.03. The quantitative estimate of drug-likeness (QED) is 0.848. The molecule has 1 rings (SSSR count). The molecule has 0 bridgehead atoms. The van der Waals surface area contributed by atoms with Gasteiger partial charge in [0.1, 0.15) is 0 Å². The van der Waals surface area contributed by atoms with Crippen LogP contribution in [-0.2, 0) is 0 Å². The largest absolute Gasteiger partial charge is 0.494 e. The van der Waals surface area contributed by atoms with E-state index in [4.69, 9.17) is 39.4 Å². The topological polar surface area (TPSA) is 61.3 Å². The molecule has 1 aromatic rings. The first kappa shape index (κ1) is 16.6. The predicted octanol–water partition coefficient (Wildman–Crippen LogP) is 3.28. The van der Waals surface area contributed by atoms with Crippen molar-refractivity contribution in [2.45, 2.75) is 19.8 Å². The lowest BCUT2D eigenvalue weighted by molar-refractivity contribution is 0.328. The molecule has 0 saturated heterocycles. The lowest BCUT2D eigenvalue weighted by Crippen LogP contribution is -2.31. The van der Waals surface area contributed by atoms with Gasteiger partial charge in [-0.3, -0.25) is 0 Å². The molecule has 0 amide bonds. The number of hydrogen-bond donors (Lipinski definition) is 2. The Morgan fingerprint density at radius 1 is 1.11 bits per heavy atom. The third-order valence-corrected chi connectivity index (χ3v) is 4.45. The lowest BCUT2D eigenvalue weighted by atomic mass is 9.80. The van der Waals surface area contributed by atoms with Gasteiger partial charge in [0, 0.05) is 0 Å². The molecule has 5 heteroatoms. The van der Waals surface area contributed by atoms with Crippen LogP contribution in [0.5, 0.6) is 5.75 Å². The van der Waals surface area contributed by atoms with Crippen LogP contribution in [0.4, 0.5) is 0 Å². The maximum absolute atomic E-state index is 6.17. The van der Waals surface area contributed by atoms with Crippen molar-refractivity contribution in [1.29, 1.82) is 0 Å². The Labute approximate surface area is 125 Å². The summed E-state index contributed by atoms with van der Waals surface area (Å²) in [5.41, 5.74) is 12.6. The van der Waals surface area contributed by atoms with Crippen LogP contribution >= 0.6 is 23.2 Å². The molecule has 0 heterocycles. The second-order valence-corrected chi connectivity index (χ2v) is 5.71. The Kier molecular flexibility index (Phi) is 6.40. The third kappa shape index (κ3) is 3.76. The van der Waals surface area contributed by atoms with Crippen molar-refractivity contribution in [3.63, 3.8) is 0 Å². The minimum Gasteiger partial charge on any atom is -0.494 e. The van der Waals surface area contributed by atoms with E-state index in [0.29, 0.717) is 34.8 Å². The molecule has 0 aromatic heterocycles. The predicted molar refractivity (Wildman–Crippen MR) is 82.2 cm³/mol. The zero-order valence-corrected chi connectivity index (χ0v) is 13.1. The summed E-state index contributed by atoms with van der Waals surface area (Å²) in [4.78, 5) is 0. The van der Waals surface area contributed by atoms with Crippen molar-refractivity contribution in [3.05, 3.63) is 27.7 Å². The van der Waals surface area contributed by atoms with Gasteiger partial charge in [0.25, 0.3) is 0 Å². The molecule has 0 aliphatic heterocycles. The minimum atomic E-state index is 0.276. The molecule has 0 radical (unpaired) electrons. The average Bonchev–Trinajstić information content (AvgIpc) is 2.38. The van der Waals surface area contributed by atoms with Crippen LogP contribution in [-0.4, -0.2) is 20.2 Å². The molecule has 2 unspecified atom stereocenters. The SMILES string of the molecule is COc1c(Cl)cc(C(C)C(C)C(CN)CN)cc1Cl. The maximum atomic E-state index is 6.17. The molecular formula is C14H22Cl2N2O. The Hall–Kier alpha value is -0.480. The maximum Gasteiger partial charge on any atom is 0.156 e. The summed E-state index contributed by atoms with van der Waals surface area (Å²) in [7, 11) is 1.55. The third-order valence-electron chi connectivity index (χ3n) is 3.89. The number of methoxy groups -OCH3 is 1. The highest BCUT2D eigenvalue weighted by Crippen LogP contribution is 2.38. The summed E-state index contributed by atoms with van der Waals surface area (Å²) in [5.74, 6) is 1.43. The first-order valence-corrected chi connectivity index (χ1v) is 7.14. The van der Waals surface area contributed by atoms with Crippen LogP contribution in [0.25, 0.3) is 0 Å². The summed E-state index contributed by atoms with van der Waals surface area (Å²) < 4.78 is 5.16. The molecule has 2 atom stereocenters. The van der Waals surface area contributed by atoms with Gasteiger partial charge in [-0.1, -0.05) is 37.0 Å². The van der Waals surface area contributed by atoms with E-state index in [9.17, 15) is 0 Å². The summed E-state index contributed by atoms with van der Waals surface area (Å²) in [6, 6.07) is 3.80. The number of nitrogens with two attached hydrogens (primary N) is 2. The van der Waals surface area contributed by atoms with Gasteiger partial charge in [-0.05, 0) is 48.5 Å². The highest BCUT2D eigenvalue weighted by atomic mass is 35.5. The molecule has 0 fully saturated rings. The lowest BCUT2D eigenvalue weighted by Gasteiger charge is -2.27. The fourth-order valence-electron chi connectivity index (χ4n) is 2.27. The van der Waals surface area contributed by atoms with E-state index in [1.54, 1.807) is 7.11 Å². The molecule has 4 N–H and O–H groups in total. The standard InChI is InChI=1S/C14H22Cl2N2O/c1-8(9(2)11(6-17)7-18)10-4-12(15)14(19-3)13(16)5-10/h4-5,8-9,11H,6-7,17-18H2,1-3H3. The van der Waals surface area contributed by atoms with Crippen molar-refractivity contribution < 1.29 is 4.74 Å². The van der Waals surface area contributed by atoms with E-state index in [2.05, 4.69) is 13.8 Å². The second kappa shape index (κ2) is 7.34. The summed E-state index contributed by atoms with van der Waals surface area (Å²) >= 11 is 12.3. The normalized spacial score (nSPS) is 14.5. The van der Waals surface area contributed by atoms with E-state index in [1.165, 1.54) is 0 Å². The molecule has 108 valence electrons. The van der Waals surface area contributed by atoms with Crippen molar-refractivity contribution >= 4 is 23.2 Å². The number of rotatable bonds is 6. The van der Waals surface area contributed by atoms with Crippen molar-refractivity contribution in [2.75, 3.05) is 20.2 Å². The van der Waals surface area contributed by atoms with Crippen LogP contribution in [0, 0.1) is 11.8 Å². The zero-order chi connectivity index (χ0) is 14.6. The van der Waals surface area contributed by atoms with Crippen LogP contribution in [0.1, 0.15) is 25.3 Å². The monoisotopic (exact) mass is 304 g/mol. The van der Waals surface area contributed by atoms with Crippen molar-refractivity contribution in [3.8, 4) is 5.75 Å². The molecule has 0 aliphatic rings. The summed E-state index contributed by atoms with van der Waals surface area (Å²) in [5, 5.41) is 1.06. The van der Waals surface area contributed by atoms with Gasteiger partial charge >= 0.3 is 0 Å². The van der Waals surface area contributed by atoms with E-state index >= 15 is 0 Å². The second-order valence-electron chi connectivity index (χ2n) is 4.90. The Morgan fingerprint density at radius 3 is 1.95 bits per heavy atom. The number of benzene rings is 1. The van der Waals surface area contributed by atoms with E-state index in [0.717, 1.165) is 5.56 Å². The van der Waals surface area contributed by atoms with Gasteiger partial charge in [-0.15, -0.1) is 0 Å². The van der Waals surface area contributed by atoms with Gasteiger partial charge in [0.2, 0.25) is 0 Å². The number of hydrogen-bond acceptors (Lipinski definition) is 3. The average molecular weight is 305 g/mol. The Morgan fingerprint density at radius 2 is 1.58 bits per heavy atom. The van der Waals surface area contributed by atoms with Crippen LogP contribution < -0.4 is 16.2 Å². The fraction of sp³-hybridized carbons (Fsp3) is 0.571. The van der Waals surface area contributed by atoms with Crippen molar-refractivity contribution in [1.82, 2.24) is 0 Å².